The summed E-state index contributed by atoms with van der Waals surface area (Å²) in [5.74, 6) is 0.503. The van der Waals surface area contributed by atoms with Crippen LogP contribution in [0.3, 0.4) is 0 Å². The summed E-state index contributed by atoms with van der Waals surface area (Å²) >= 11 is 3.48. The molecule has 0 atom stereocenters. The van der Waals surface area contributed by atoms with E-state index in [1.54, 1.807) is 0 Å². The molecule has 0 aliphatic carbocycles. The Balaban J connectivity index is 2.18. The number of anilines is 1. The lowest BCUT2D eigenvalue weighted by molar-refractivity contribution is 1.10. The van der Waals surface area contributed by atoms with E-state index in [0.717, 1.165) is 26.6 Å². The van der Waals surface area contributed by atoms with Crippen molar-refractivity contribution in [2.24, 2.45) is 0 Å². The highest BCUT2D eigenvalue weighted by atomic mass is 79.9. The second-order valence-electron chi connectivity index (χ2n) is 3.60. The van der Waals surface area contributed by atoms with Crippen LogP contribution in [-0.4, -0.2) is 15.2 Å². The van der Waals surface area contributed by atoms with E-state index >= 15 is 0 Å². The summed E-state index contributed by atoms with van der Waals surface area (Å²) < 4.78 is 1.07. The van der Waals surface area contributed by atoms with Crippen LogP contribution >= 0.6 is 15.9 Å². The minimum Gasteiger partial charge on any atom is -0.382 e. The van der Waals surface area contributed by atoms with Gasteiger partial charge in [-0.1, -0.05) is 12.1 Å². The van der Waals surface area contributed by atoms with Gasteiger partial charge in [-0.25, -0.2) is 0 Å². The highest BCUT2D eigenvalue weighted by Gasteiger charge is 2.05. The van der Waals surface area contributed by atoms with Gasteiger partial charge in [0.05, 0.1) is 5.69 Å². The highest BCUT2D eigenvalue weighted by molar-refractivity contribution is 9.10. The van der Waals surface area contributed by atoms with Gasteiger partial charge in [0.15, 0.2) is 0 Å². The van der Waals surface area contributed by atoms with Gasteiger partial charge in [0.25, 0.3) is 0 Å². The first-order valence-corrected chi connectivity index (χ1v) is 5.61. The summed E-state index contributed by atoms with van der Waals surface area (Å²) in [5, 5.41) is 7.97. The van der Waals surface area contributed by atoms with Gasteiger partial charge >= 0.3 is 0 Å². The number of fused-ring (bicyclic) bond motifs is 1. The van der Waals surface area contributed by atoms with Crippen molar-refractivity contribution in [1.29, 1.82) is 0 Å². The normalized spacial score (nSPS) is 11.1. The number of H-pyrrole nitrogens is 2. The summed E-state index contributed by atoms with van der Waals surface area (Å²) in [4.78, 5) is 3.19. The van der Waals surface area contributed by atoms with Crippen molar-refractivity contribution in [3.05, 3.63) is 34.9 Å². The van der Waals surface area contributed by atoms with Crippen LogP contribution < -0.4 is 5.73 Å². The number of nitrogens with one attached hydrogen (secondary N) is 2. The number of aromatic amines is 2. The van der Waals surface area contributed by atoms with Gasteiger partial charge in [-0.05, 0) is 22.0 Å². The molecule has 1 aromatic carbocycles. The van der Waals surface area contributed by atoms with Crippen LogP contribution in [0.25, 0.3) is 22.2 Å². The number of nitrogens with two attached hydrogens (primary N) is 1. The number of rotatable bonds is 1. The van der Waals surface area contributed by atoms with Crippen LogP contribution in [0.4, 0.5) is 5.82 Å². The molecule has 0 aliphatic rings. The molecule has 80 valence electrons. The van der Waals surface area contributed by atoms with Crippen molar-refractivity contribution in [1.82, 2.24) is 15.2 Å². The fourth-order valence-electron chi connectivity index (χ4n) is 1.74. The number of halogens is 1. The Morgan fingerprint density at radius 1 is 1.25 bits per heavy atom. The first kappa shape index (κ1) is 9.47. The lowest BCUT2D eigenvalue weighted by Crippen LogP contribution is -1.81. The number of aromatic nitrogens is 3. The van der Waals surface area contributed by atoms with Crippen molar-refractivity contribution in [2.75, 3.05) is 5.73 Å². The van der Waals surface area contributed by atoms with Crippen LogP contribution in [0.1, 0.15) is 0 Å². The molecule has 2 aromatic heterocycles. The van der Waals surface area contributed by atoms with Crippen molar-refractivity contribution in [3.8, 4) is 11.3 Å². The average Bonchev–Trinajstić information content (AvgIpc) is 2.86. The van der Waals surface area contributed by atoms with E-state index in [0.29, 0.717) is 5.82 Å². The zero-order valence-electron chi connectivity index (χ0n) is 8.29. The van der Waals surface area contributed by atoms with Gasteiger partial charge in [-0.15, -0.1) is 0 Å². The maximum atomic E-state index is 5.58. The number of benzene rings is 1. The van der Waals surface area contributed by atoms with Crippen molar-refractivity contribution >= 4 is 32.7 Å². The Hall–Kier alpha value is -1.75. The van der Waals surface area contributed by atoms with E-state index in [-0.39, 0.29) is 0 Å². The summed E-state index contributed by atoms with van der Waals surface area (Å²) in [7, 11) is 0. The molecule has 0 aliphatic heterocycles. The minimum atomic E-state index is 0.503. The fraction of sp³-hybridized carbons (Fsp3) is 0. The molecule has 0 bridgehead atoms. The molecule has 3 aromatic rings. The first-order valence-electron chi connectivity index (χ1n) is 4.82. The van der Waals surface area contributed by atoms with Gasteiger partial charge in [0.1, 0.15) is 5.82 Å². The maximum Gasteiger partial charge on any atom is 0.145 e. The van der Waals surface area contributed by atoms with Crippen molar-refractivity contribution in [2.45, 2.75) is 0 Å². The molecular weight excluding hydrogens is 268 g/mol. The zero-order chi connectivity index (χ0) is 11.1. The highest BCUT2D eigenvalue weighted by Crippen LogP contribution is 2.28. The fourth-order valence-corrected chi connectivity index (χ4v) is 2.20. The molecule has 0 radical (unpaired) electrons. The van der Waals surface area contributed by atoms with Gasteiger partial charge < -0.3 is 10.7 Å². The monoisotopic (exact) mass is 276 g/mol. The number of nitrogens with zero attached hydrogens (tertiary/aromatic N) is 1. The molecule has 4 N–H and O–H groups in total. The zero-order valence-corrected chi connectivity index (χ0v) is 9.88. The third kappa shape index (κ3) is 1.40. The van der Waals surface area contributed by atoms with Crippen molar-refractivity contribution < 1.29 is 0 Å². The second kappa shape index (κ2) is 3.38. The van der Waals surface area contributed by atoms with E-state index in [2.05, 4.69) is 43.2 Å². The van der Waals surface area contributed by atoms with E-state index in [1.807, 2.05) is 18.3 Å². The third-order valence-electron chi connectivity index (χ3n) is 2.54. The van der Waals surface area contributed by atoms with E-state index in [1.165, 1.54) is 0 Å². The topological polar surface area (TPSA) is 70.5 Å². The van der Waals surface area contributed by atoms with Crippen LogP contribution in [0.2, 0.25) is 0 Å². The molecule has 2 heterocycles. The Bertz CT molecular complexity index is 653. The Kier molecular flexibility index (Phi) is 2.00. The third-order valence-corrected chi connectivity index (χ3v) is 3.20. The smallest absolute Gasteiger partial charge is 0.145 e. The quantitative estimate of drug-likeness (QED) is 0.640. The van der Waals surface area contributed by atoms with E-state index in [4.69, 9.17) is 5.73 Å². The predicted octanol–water partition coefficient (Wildman–Crippen LogP) is 2.90. The average molecular weight is 277 g/mol. The molecule has 0 fully saturated rings. The SMILES string of the molecule is Nc1cc(-c2ccc3c(Br)c[nH]c3c2)[nH]n1. The number of hydrogen-bond donors (Lipinski definition) is 3. The summed E-state index contributed by atoms with van der Waals surface area (Å²) in [5.41, 5.74) is 8.64. The standard InChI is InChI=1S/C11H9BrN4/c12-8-5-14-10-3-6(1-2-7(8)10)9-4-11(13)16-15-9/h1-5,14H,(H3,13,15,16). The Morgan fingerprint density at radius 3 is 2.88 bits per heavy atom. The summed E-state index contributed by atoms with van der Waals surface area (Å²) in [6.45, 7) is 0. The van der Waals surface area contributed by atoms with E-state index in [9.17, 15) is 0 Å². The molecule has 4 nitrogen and oxygen atoms in total. The largest absolute Gasteiger partial charge is 0.382 e. The lowest BCUT2D eigenvalue weighted by atomic mass is 10.1. The first-order chi connectivity index (χ1) is 7.74. The Labute approximate surface area is 100.0 Å². The van der Waals surface area contributed by atoms with Gasteiger partial charge in [-0.3, -0.25) is 5.10 Å². The predicted molar refractivity (Wildman–Crippen MR) is 68.0 cm³/mol. The maximum absolute atomic E-state index is 5.58. The van der Waals surface area contributed by atoms with Crippen molar-refractivity contribution in [3.63, 3.8) is 0 Å². The van der Waals surface area contributed by atoms with Gasteiger partial charge in [0.2, 0.25) is 0 Å². The van der Waals surface area contributed by atoms with Gasteiger partial charge in [0, 0.05) is 33.2 Å². The van der Waals surface area contributed by atoms with Crippen LogP contribution in [0, 0.1) is 0 Å². The molecule has 0 spiro atoms. The summed E-state index contributed by atoms with van der Waals surface area (Å²) in [6, 6.07) is 7.97. The molecule has 0 amide bonds. The molecular formula is C11H9BrN4. The molecule has 0 saturated carbocycles. The number of hydrogen-bond acceptors (Lipinski definition) is 2. The van der Waals surface area contributed by atoms with Crippen LogP contribution in [-0.2, 0) is 0 Å². The molecule has 0 unspecified atom stereocenters. The molecule has 3 rings (SSSR count). The molecule has 16 heavy (non-hydrogen) atoms. The molecule has 5 heteroatoms. The van der Waals surface area contributed by atoms with Crippen LogP contribution in [0.5, 0.6) is 0 Å². The second-order valence-corrected chi connectivity index (χ2v) is 4.46. The number of nitrogen functional groups attached to an aromatic ring is 1. The van der Waals surface area contributed by atoms with Gasteiger partial charge in [-0.2, -0.15) is 5.10 Å². The molecule has 0 saturated heterocycles. The lowest BCUT2D eigenvalue weighted by Gasteiger charge is -1.97. The minimum absolute atomic E-state index is 0.503. The Morgan fingerprint density at radius 2 is 2.12 bits per heavy atom. The van der Waals surface area contributed by atoms with E-state index < -0.39 is 0 Å². The van der Waals surface area contributed by atoms with Crippen LogP contribution in [0.15, 0.2) is 34.9 Å². The summed E-state index contributed by atoms with van der Waals surface area (Å²) in [6.07, 6.45) is 1.93.